The molecule has 0 aliphatic heterocycles. The van der Waals surface area contributed by atoms with Crippen molar-refractivity contribution < 1.29 is 27.1 Å². The van der Waals surface area contributed by atoms with Crippen molar-refractivity contribution in [2.75, 3.05) is 22.4 Å². The number of nitrogens with zero attached hydrogens (tertiary/aromatic N) is 1. The van der Waals surface area contributed by atoms with Crippen LogP contribution in [0.25, 0.3) is 0 Å². The van der Waals surface area contributed by atoms with E-state index in [1.54, 1.807) is 31.2 Å². The third kappa shape index (κ3) is 5.78. The number of rotatable bonds is 7. The smallest absolute Gasteiger partial charge is 0.327 e. The van der Waals surface area contributed by atoms with E-state index in [1.165, 1.54) is 31.2 Å². The van der Waals surface area contributed by atoms with Crippen molar-refractivity contribution in [1.29, 1.82) is 0 Å². The zero-order chi connectivity index (χ0) is 20.9. The number of sulfonamides is 1. The van der Waals surface area contributed by atoms with Crippen LogP contribution < -0.4 is 9.62 Å². The van der Waals surface area contributed by atoms with Crippen LogP contribution in [0, 0.1) is 12.7 Å². The van der Waals surface area contributed by atoms with E-state index in [9.17, 15) is 22.4 Å². The highest BCUT2D eigenvalue weighted by atomic mass is 32.2. The molecule has 0 unspecified atom stereocenters. The van der Waals surface area contributed by atoms with Crippen LogP contribution in [-0.2, 0) is 24.3 Å². The number of esters is 1. The highest BCUT2D eigenvalue weighted by molar-refractivity contribution is 7.92. The van der Waals surface area contributed by atoms with Gasteiger partial charge in [0.1, 0.15) is 12.4 Å². The van der Waals surface area contributed by atoms with Gasteiger partial charge in [0.2, 0.25) is 10.0 Å². The highest BCUT2D eigenvalue weighted by Gasteiger charge is 2.25. The summed E-state index contributed by atoms with van der Waals surface area (Å²) in [6, 6.07) is 11.8. The predicted octanol–water partition coefficient (Wildman–Crippen LogP) is 2.47. The lowest BCUT2D eigenvalue weighted by molar-refractivity contribution is -0.151. The summed E-state index contributed by atoms with van der Waals surface area (Å²) in [4.78, 5) is 24.4. The molecule has 2 rings (SSSR count). The third-order valence-electron chi connectivity index (χ3n) is 3.85. The Morgan fingerprint density at radius 1 is 1.14 bits per heavy atom. The van der Waals surface area contributed by atoms with E-state index in [2.05, 4.69) is 5.32 Å². The molecule has 0 saturated heterocycles. The van der Waals surface area contributed by atoms with Gasteiger partial charge < -0.3 is 10.1 Å². The molecule has 0 aromatic heterocycles. The number of anilines is 2. The van der Waals surface area contributed by atoms with Crippen LogP contribution in [0.15, 0.2) is 48.5 Å². The Balaban J connectivity index is 2.04. The minimum atomic E-state index is -3.75. The zero-order valence-corrected chi connectivity index (χ0v) is 16.5. The summed E-state index contributed by atoms with van der Waals surface area (Å²) in [5.74, 6) is -1.95. The Bertz CT molecular complexity index is 961. The molecule has 0 spiro atoms. The Morgan fingerprint density at radius 2 is 1.75 bits per heavy atom. The maximum Gasteiger partial charge on any atom is 0.327 e. The quantitative estimate of drug-likeness (QED) is 0.711. The molecule has 7 nitrogen and oxygen atoms in total. The normalized spacial score (nSPS) is 12.1. The SMILES string of the molecule is Cc1ccccc1N(CC(=O)O[C@H](C)C(=O)Nc1ccc(F)cc1)S(C)(=O)=O. The van der Waals surface area contributed by atoms with Crippen LogP contribution in [0.4, 0.5) is 15.8 Å². The molecule has 9 heteroatoms. The van der Waals surface area contributed by atoms with Gasteiger partial charge in [-0.15, -0.1) is 0 Å². The summed E-state index contributed by atoms with van der Waals surface area (Å²) in [6.45, 7) is 2.50. The lowest BCUT2D eigenvalue weighted by Crippen LogP contribution is -2.39. The number of ether oxygens (including phenoxy) is 1. The van der Waals surface area contributed by atoms with Crippen LogP contribution in [0.5, 0.6) is 0 Å². The van der Waals surface area contributed by atoms with Gasteiger partial charge in [-0.3, -0.25) is 13.9 Å². The van der Waals surface area contributed by atoms with E-state index < -0.39 is 40.4 Å². The van der Waals surface area contributed by atoms with Crippen LogP contribution in [-0.4, -0.2) is 39.2 Å². The zero-order valence-electron chi connectivity index (χ0n) is 15.7. The molecule has 150 valence electrons. The van der Waals surface area contributed by atoms with E-state index >= 15 is 0 Å². The molecule has 0 fully saturated rings. The predicted molar refractivity (Wildman–Crippen MR) is 104 cm³/mol. The van der Waals surface area contributed by atoms with Crippen molar-refractivity contribution in [3.63, 3.8) is 0 Å². The Kier molecular flexibility index (Phi) is 6.74. The van der Waals surface area contributed by atoms with Crippen molar-refractivity contribution in [1.82, 2.24) is 0 Å². The van der Waals surface area contributed by atoms with Crippen molar-refractivity contribution in [3.8, 4) is 0 Å². The summed E-state index contributed by atoms with van der Waals surface area (Å²) < 4.78 is 43.1. The second kappa shape index (κ2) is 8.83. The maximum absolute atomic E-state index is 12.9. The first-order chi connectivity index (χ1) is 13.1. The van der Waals surface area contributed by atoms with Crippen LogP contribution in [0.3, 0.4) is 0 Å². The molecule has 0 aliphatic rings. The number of hydrogen-bond acceptors (Lipinski definition) is 5. The fourth-order valence-corrected chi connectivity index (χ4v) is 3.31. The van der Waals surface area contributed by atoms with Gasteiger partial charge >= 0.3 is 5.97 Å². The molecule has 0 aliphatic carbocycles. The lowest BCUT2D eigenvalue weighted by Gasteiger charge is -2.24. The molecule has 2 aromatic carbocycles. The van der Waals surface area contributed by atoms with Gasteiger partial charge in [-0.2, -0.15) is 0 Å². The number of carbonyl (C=O) groups is 2. The molecule has 2 aromatic rings. The van der Waals surface area contributed by atoms with Crippen molar-refractivity contribution >= 4 is 33.3 Å². The van der Waals surface area contributed by atoms with Gasteiger partial charge in [-0.25, -0.2) is 12.8 Å². The van der Waals surface area contributed by atoms with E-state index in [0.717, 1.165) is 10.6 Å². The van der Waals surface area contributed by atoms with Gasteiger partial charge in [0.15, 0.2) is 6.10 Å². The molecule has 0 radical (unpaired) electrons. The molecule has 1 N–H and O–H groups in total. The van der Waals surface area contributed by atoms with Gasteiger partial charge in [-0.05, 0) is 49.7 Å². The fraction of sp³-hybridized carbons (Fsp3) is 0.263. The topological polar surface area (TPSA) is 92.8 Å². The van der Waals surface area contributed by atoms with Crippen molar-refractivity contribution in [2.24, 2.45) is 0 Å². The van der Waals surface area contributed by atoms with Gasteiger partial charge in [0.05, 0.1) is 11.9 Å². The molecule has 1 atom stereocenters. The second-order valence-electron chi connectivity index (χ2n) is 6.18. The van der Waals surface area contributed by atoms with Crippen molar-refractivity contribution in [2.45, 2.75) is 20.0 Å². The Morgan fingerprint density at radius 3 is 2.32 bits per heavy atom. The van der Waals surface area contributed by atoms with E-state index in [0.29, 0.717) is 16.9 Å². The summed E-state index contributed by atoms with van der Waals surface area (Å²) >= 11 is 0. The summed E-state index contributed by atoms with van der Waals surface area (Å²) in [7, 11) is -3.75. The molecular weight excluding hydrogens is 387 g/mol. The molecule has 0 bridgehead atoms. The van der Waals surface area contributed by atoms with Crippen molar-refractivity contribution in [3.05, 3.63) is 59.9 Å². The molecular formula is C19H21FN2O5S. The number of carbonyl (C=O) groups excluding carboxylic acids is 2. The highest BCUT2D eigenvalue weighted by Crippen LogP contribution is 2.22. The summed E-state index contributed by atoms with van der Waals surface area (Å²) in [5.41, 5.74) is 1.36. The first-order valence-electron chi connectivity index (χ1n) is 8.37. The van der Waals surface area contributed by atoms with E-state index in [1.807, 2.05) is 0 Å². The first kappa shape index (κ1) is 21.4. The van der Waals surface area contributed by atoms with Crippen LogP contribution in [0.2, 0.25) is 0 Å². The number of nitrogens with one attached hydrogen (secondary N) is 1. The summed E-state index contributed by atoms with van der Waals surface area (Å²) in [6.07, 6.45) is -0.187. The molecule has 0 heterocycles. The van der Waals surface area contributed by atoms with E-state index in [-0.39, 0.29) is 0 Å². The Hall–Kier alpha value is -2.94. The molecule has 28 heavy (non-hydrogen) atoms. The monoisotopic (exact) mass is 408 g/mol. The fourth-order valence-electron chi connectivity index (χ4n) is 2.41. The standard InChI is InChI=1S/C19H21FN2O5S/c1-13-6-4-5-7-17(13)22(28(3,25)26)12-18(23)27-14(2)19(24)21-16-10-8-15(20)9-11-16/h4-11,14H,12H2,1-3H3,(H,21,24)/t14-/m1/s1. The number of benzene rings is 2. The van der Waals surface area contributed by atoms with E-state index in [4.69, 9.17) is 4.74 Å². The number of aryl methyl sites for hydroxylation is 1. The summed E-state index contributed by atoms with van der Waals surface area (Å²) in [5, 5.41) is 2.48. The molecule has 0 saturated carbocycles. The first-order valence-corrected chi connectivity index (χ1v) is 10.2. The van der Waals surface area contributed by atoms with Crippen LogP contribution >= 0.6 is 0 Å². The van der Waals surface area contributed by atoms with Gasteiger partial charge in [0, 0.05) is 5.69 Å². The number of para-hydroxylation sites is 1. The lowest BCUT2D eigenvalue weighted by atomic mass is 10.2. The van der Waals surface area contributed by atoms with Crippen LogP contribution in [0.1, 0.15) is 12.5 Å². The average Bonchev–Trinajstić information content (AvgIpc) is 2.61. The Labute approximate surface area is 163 Å². The third-order valence-corrected chi connectivity index (χ3v) is 4.97. The average molecular weight is 408 g/mol. The minimum Gasteiger partial charge on any atom is -0.451 e. The number of hydrogen-bond donors (Lipinski definition) is 1. The second-order valence-corrected chi connectivity index (χ2v) is 8.09. The minimum absolute atomic E-state index is 0.340. The van der Waals surface area contributed by atoms with Gasteiger partial charge in [0.25, 0.3) is 5.91 Å². The maximum atomic E-state index is 12.9. The number of halogens is 1. The van der Waals surface area contributed by atoms with Gasteiger partial charge in [-0.1, -0.05) is 18.2 Å². The largest absolute Gasteiger partial charge is 0.451 e. The molecule has 1 amide bonds. The number of amides is 1.